The van der Waals surface area contributed by atoms with Crippen molar-refractivity contribution in [3.05, 3.63) is 35.4 Å². The highest BCUT2D eigenvalue weighted by Crippen LogP contribution is 2.32. The molecular weight excluding hydrogens is 343 g/mol. The Morgan fingerprint density at radius 1 is 1.20 bits per heavy atom. The average Bonchev–Trinajstić information content (AvgIpc) is 2.52. The standard InChI is InChI=1S/C16H18F3NO5/c1-2-25-14(22)8-7-13(21)20-12(15(23)24)9-10-5-3-4-6-11(10)16(17,18)19/h3-6,12H,2,7-9H2,1H3,(H,20,21)(H,23,24)/t12-/m0/s1. The molecule has 0 aliphatic rings. The summed E-state index contributed by atoms with van der Waals surface area (Å²) in [6.07, 6.45) is -5.72. The van der Waals surface area contributed by atoms with E-state index in [-0.39, 0.29) is 25.0 Å². The molecule has 1 aromatic carbocycles. The first-order chi connectivity index (χ1) is 11.6. The van der Waals surface area contributed by atoms with Gasteiger partial charge in [0.1, 0.15) is 6.04 Å². The molecule has 0 aromatic heterocycles. The second kappa shape index (κ2) is 9.05. The number of amides is 1. The molecule has 0 saturated heterocycles. The van der Waals surface area contributed by atoms with Gasteiger partial charge in [0, 0.05) is 12.8 Å². The summed E-state index contributed by atoms with van der Waals surface area (Å²) < 4.78 is 43.5. The lowest BCUT2D eigenvalue weighted by molar-refractivity contribution is -0.145. The van der Waals surface area contributed by atoms with E-state index in [1.165, 1.54) is 12.1 Å². The van der Waals surface area contributed by atoms with Crippen LogP contribution in [0.3, 0.4) is 0 Å². The molecule has 0 radical (unpaired) electrons. The predicted octanol–water partition coefficient (Wildman–Crippen LogP) is 2.16. The van der Waals surface area contributed by atoms with E-state index in [0.717, 1.165) is 12.1 Å². The predicted molar refractivity (Wildman–Crippen MR) is 80.6 cm³/mol. The van der Waals surface area contributed by atoms with Gasteiger partial charge in [0.2, 0.25) is 5.91 Å². The van der Waals surface area contributed by atoms with E-state index in [9.17, 15) is 27.6 Å². The lowest BCUT2D eigenvalue weighted by atomic mass is 9.99. The summed E-state index contributed by atoms with van der Waals surface area (Å²) in [5, 5.41) is 11.3. The molecule has 0 heterocycles. The summed E-state index contributed by atoms with van der Waals surface area (Å²) in [7, 11) is 0. The van der Waals surface area contributed by atoms with Crippen LogP contribution >= 0.6 is 0 Å². The van der Waals surface area contributed by atoms with Crippen molar-refractivity contribution >= 4 is 17.8 Å². The lowest BCUT2D eigenvalue weighted by Gasteiger charge is -2.18. The largest absolute Gasteiger partial charge is 0.480 e. The first-order valence-electron chi connectivity index (χ1n) is 7.48. The Balaban J connectivity index is 2.78. The van der Waals surface area contributed by atoms with Crippen LogP contribution in [0.5, 0.6) is 0 Å². The number of carboxylic acids is 1. The number of ether oxygens (including phenoxy) is 1. The Morgan fingerprint density at radius 3 is 2.40 bits per heavy atom. The molecule has 138 valence electrons. The quantitative estimate of drug-likeness (QED) is 0.692. The molecule has 0 bridgehead atoms. The van der Waals surface area contributed by atoms with Crippen molar-refractivity contribution in [2.24, 2.45) is 0 Å². The Morgan fingerprint density at radius 2 is 1.84 bits per heavy atom. The molecule has 1 amide bonds. The van der Waals surface area contributed by atoms with Crippen LogP contribution in [0, 0.1) is 0 Å². The van der Waals surface area contributed by atoms with Crippen LogP contribution in [0.4, 0.5) is 13.2 Å². The first kappa shape index (κ1) is 20.5. The maximum atomic E-state index is 13.0. The molecule has 1 aromatic rings. The number of nitrogens with one attached hydrogen (secondary N) is 1. The third kappa shape index (κ3) is 6.82. The van der Waals surface area contributed by atoms with Gasteiger partial charge in [0.25, 0.3) is 0 Å². The second-order valence-corrected chi connectivity index (χ2v) is 5.12. The fourth-order valence-corrected chi connectivity index (χ4v) is 2.11. The van der Waals surface area contributed by atoms with Gasteiger partial charge in [-0.25, -0.2) is 4.79 Å². The van der Waals surface area contributed by atoms with Gasteiger partial charge < -0.3 is 15.2 Å². The zero-order chi connectivity index (χ0) is 19.0. The smallest absolute Gasteiger partial charge is 0.416 e. The number of halogens is 3. The van der Waals surface area contributed by atoms with E-state index in [1.54, 1.807) is 6.92 Å². The Hall–Kier alpha value is -2.58. The van der Waals surface area contributed by atoms with Crippen LogP contribution in [0.2, 0.25) is 0 Å². The van der Waals surface area contributed by atoms with Crippen LogP contribution in [-0.4, -0.2) is 35.6 Å². The van der Waals surface area contributed by atoms with Gasteiger partial charge in [-0.1, -0.05) is 18.2 Å². The van der Waals surface area contributed by atoms with Crippen LogP contribution in [-0.2, 0) is 31.7 Å². The van der Waals surface area contributed by atoms with Gasteiger partial charge in [0.15, 0.2) is 0 Å². The second-order valence-electron chi connectivity index (χ2n) is 5.12. The van der Waals surface area contributed by atoms with Crippen LogP contribution < -0.4 is 5.32 Å². The summed E-state index contributed by atoms with van der Waals surface area (Å²) >= 11 is 0. The number of alkyl halides is 3. The lowest BCUT2D eigenvalue weighted by Crippen LogP contribution is -2.42. The minimum atomic E-state index is -4.63. The van der Waals surface area contributed by atoms with Crippen molar-refractivity contribution in [1.29, 1.82) is 0 Å². The number of carbonyl (C=O) groups excluding carboxylic acids is 2. The van der Waals surface area contributed by atoms with Gasteiger partial charge >= 0.3 is 18.1 Å². The zero-order valence-electron chi connectivity index (χ0n) is 13.4. The number of benzene rings is 1. The van der Waals surface area contributed by atoms with Gasteiger partial charge in [0.05, 0.1) is 18.6 Å². The summed E-state index contributed by atoms with van der Waals surface area (Å²) in [6.45, 7) is 1.74. The van der Waals surface area contributed by atoms with Crippen LogP contribution in [0.15, 0.2) is 24.3 Å². The van der Waals surface area contributed by atoms with E-state index in [0.29, 0.717) is 0 Å². The van der Waals surface area contributed by atoms with Gasteiger partial charge in [-0.2, -0.15) is 13.2 Å². The molecule has 1 atom stereocenters. The highest BCUT2D eigenvalue weighted by atomic mass is 19.4. The third-order valence-electron chi connectivity index (χ3n) is 3.24. The van der Waals surface area contributed by atoms with Gasteiger partial charge in [-0.05, 0) is 18.6 Å². The molecule has 25 heavy (non-hydrogen) atoms. The van der Waals surface area contributed by atoms with Gasteiger partial charge in [-0.15, -0.1) is 0 Å². The van der Waals surface area contributed by atoms with E-state index in [1.807, 2.05) is 0 Å². The topological polar surface area (TPSA) is 92.7 Å². The van der Waals surface area contributed by atoms with E-state index in [2.05, 4.69) is 10.1 Å². The Bertz CT molecular complexity index is 630. The molecule has 0 aliphatic carbocycles. The molecule has 0 aliphatic heterocycles. The Kier molecular flexibility index (Phi) is 7.41. The molecule has 0 saturated carbocycles. The molecule has 0 fully saturated rings. The Labute approximate surface area is 142 Å². The molecular formula is C16H18F3NO5. The summed E-state index contributed by atoms with van der Waals surface area (Å²) in [6, 6.07) is 3.00. The van der Waals surface area contributed by atoms with Crippen molar-refractivity contribution in [1.82, 2.24) is 5.32 Å². The molecule has 6 nitrogen and oxygen atoms in total. The number of esters is 1. The highest BCUT2D eigenvalue weighted by molar-refractivity contribution is 5.86. The number of rotatable bonds is 8. The maximum Gasteiger partial charge on any atom is 0.416 e. The highest BCUT2D eigenvalue weighted by Gasteiger charge is 2.34. The number of hydrogen-bond acceptors (Lipinski definition) is 4. The summed E-state index contributed by atoms with van der Waals surface area (Å²) in [5.41, 5.74) is -1.20. The minimum Gasteiger partial charge on any atom is -0.480 e. The van der Waals surface area contributed by atoms with Crippen molar-refractivity contribution in [3.63, 3.8) is 0 Å². The molecule has 9 heteroatoms. The molecule has 2 N–H and O–H groups in total. The number of aliphatic carboxylic acids is 1. The van der Waals surface area contributed by atoms with E-state index >= 15 is 0 Å². The SMILES string of the molecule is CCOC(=O)CCC(=O)N[C@@H](Cc1ccccc1C(F)(F)F)C(=O)O. The zero-order valence-corrected chi connectivity index (χ0v) is 13.4. The van der Waals surface area contributed by atoms with Gasteiger partial charge in [-0.3, -0.25) is 9.59 Å². The van der Waals surface area contributed by atoms with Crippen molar-refractivity contribution in [2.45, 2.75) is 38.4 Å². The number of carboxylic acid groups (broad SMARTS) is 1. The van der Waals surface area contributed by atoms with Crippen molar-refractivity contribution < 1.29 is 37.4 Å². The molecule has 0 spiro atoms. The van der Waals surface area contributed by atoms with Crippen LogP contribution in [0.1, 0.15) is 30.9 Å². The number of hydrogen-bond donors (Lipinski definition) is 2. The first-order valence-corrected chi connectivity index (χ1v) is 7.48. The average molecular weight is 361 g/mol. The van der Waals surface area contributed by atoms with Crippen molar-refractivity contribution in [2.75, 3.05) is 6.61 Å². The van der Waals surface area contributed by atoms with Crippen molar-refractivity contribution in [3.8, 4) is 0 Å². The summed E-state index contributed by atoms with van der Waals surface area (Å²) in [4.78, 5) is 34.2. The normalized spacial score (nSPS) is 12.3. The fraction of sp³-hybridized carbons (Fsp3) is 0.438. The molecule has 1 rings (SSSR count). The van der Waals surface area contributed by atoms with E-state index < -0.39 is 42.0 Å². The monoisotopic (exact) mass is 361 g/mol. The molecule has 0 unspecified atom stereocenters. The third-order valence-corrected chi connectivity index (χ3v) is 3.24. The fourth-order valence-electron chi connectivity index (χ4n) is 2.11. The summed E-state index contributed by atoms with van der Waals surface area (Å²) in [5.74, 6) is -2.85. The van der Waals surface area contributed by atoms with Crippen LogP contribution in [0.25, 0.3) is 0 Å². The number of carbonyl (C=O) groups is 3. The minimum absolute atomic E-state index is 0.145. The maximum absolute atomic E-state index is 13.0. The van der Waals surface area contributed by atoms with E-state index in [4.69, 9.17) is 5.11 Å².